The molecule has 0 spiro atoms. The second-order valence-corrected chi connectivity index (χ2v) is 5.49. The molecule has 26 heavy (non-hydrogen) atoms. The van der Waals surface area contributed by atoms with Crippen LogP contribution < -0.4 is 20.1 Å². The van der Waals surface area contributed by atoms with Crippen LogP contribution in [0.4, 0.5) is 11.6 Å². The molecule has 1 aliphatic heterocycles. The summed E-state index contributed by atoms with van der Waals surface area (Å²) in [7, 11) is 0. The van der Waals surface area contributed by atoms with Crippen molar-refractivity contribution in [1.82, 2.24) is 20.3 Å². The summed E-state index contributed by atoms with van der Waals surface area (Å²) in [5.74, 6) is 1.49. The first-order chi connectivity index (χ1) is 12.8. The van der Waals surface area contributed by atoms with E-state index in [1.54, 1.807) is 12.3 Å². The van der Waals surface area contributed by atoms with E-state index in [2.05, 4.69) is 25.6 Å². The zero-order chi connectivity index (χ0) is 17.8. The lowest BCUT2D eigenvalue weighted by atomic mass is 10.3. The minimum absolute atomic E-state index is 0.220. The van der Waals surface area contributed by atoms with Crippen molar-refractivity contribution in [3.05, 3.63) is 66.2 Å². The maximum absolute atomic E-state index is 12.1. The van der Waals surface area contributed by atoms with E-state index in [0.717, 1.165) is 11.4 Å². The van der Waals surface area contributed by atoms with E-state index >= 15 is 0 Å². The number of rotatable bonds is 5. The fourth-order valence-electron chi connectivity index (χ4n) is 2.39. The third-order valence-electron chi connectivity index (χ3n) is 3.70. The Kier molecular flexibility index (Phi) is 4.29. The van der Waals surface area contributed by atoms with E-state index in [1.807, 2.05) is 30.3 Å². The lowest BCUT2D eigenvalue weighted by Gasteiger charge is -2.07. The summed E-state index contributed by atoms with van der Waals surface area (Å²) in [6.07, 6.45) is 4.62. The maximum atomic E-state index is 12.1. The third-order valence-corrected chi connectivity index (χ3v) is 3.70. The number of carbonyl (C=O) groups excluding carboxylic acids is 1. The third kappa shape index (κ3) is 3.54. The molecule has 2 aromatic heterocycles. The molecule has 0 atom stereocenters. The number of nitrogens with one attached hydrogen (secondary N) is 2. The zero-order valence-corrected chi connectivity index (χ0v) is 13.7. The predicted octanol–water partition coefficient (Wildman–Crippen LogP) is 2.27. The highest BCUT2D eigenvalue weighted by atomic mass is 16.7. The van der Waals surface area contributed by atoms with E-state index in [9.17, 15) is 4.79 Å². The second-order valence-electron chi connectivity index (χ2n) is 5.49. The molecule has 0 radical (unpaired) electrons. The molecule has 8 heteroatoms. The lowest BCUT2D eigenvalue weighted by molar-refractivity contribution is 0.0949. The Morgan fingerprint density at radius 2 is 1.88 bits per heavy atom. The van der Waals surface area contributed by atoms with Crippen molar-refractivity contribution >= 4 is 17.5 Å². The van der Waals surface area contributed by atoms with Gasteiger partial charge in [-0.15, -0.1) is 0 Å². The second kappa shape index (κ2) is 7.06. The highest BCUT2D eigenvalue weighted by Crippen LogP contribution is 2.34. The van der Waals surface area contributed by atoms with Crippen LogP contribution in [-0.4, -0.2) is 27.7 Å². The van der Waals surface area contributed by atoms with Gasteiger partial charge in [0.15, 0.2) is 11.5 Å². The van der Waals surface area contributed by atoms with Gasteiger partial charge in [0.25, 0.3) is 5.91 Å². The van der Waals surface area contributed by atoms with Gasteiger partial charge in [0, 0.05) is 30.3 Å². The molecule has 1 amide bonds. The van der Waals surface area contributed by atoms with Gasteiger partial charge >= 0.3 is 0 Å². The summed E-state index contributed by atoms with van der Waals surface area (Å²) in [6, 6.07) is 11.0. The first kappa shape index (κ1) is 15.8. The lowest BCUT2D eigenvalue weighted by Crippen LogP contribution is -2.23. The molecular weight excluding hydrogens is 334 g/mol. The first-order valence-electron chi connectivity index (χ1n) is 7.95. The molecule has 8 nitrogen and oxygen atoms in total. The smallest absolute Gasteiger partial charge is 0.254 e. The van der Waals surface area contributed by atoms with Gasteiger partial charge in [-0.3, -0.25) is 9.78 Å². The quantitative estimate of drug-likeness (QED) is 0.729. The number of pyridine rings is 1. The number of hydrogen-bond acceptors (Lipinski definition) is 7. The summed E-state index contributed by atoms with van der Waals surface area (Å²) < 4.78 is 10.6. The number of ether oxygens (including phenoxy) is 2. The van der Waals surface area contributed by atoms with E-state index in [-0.39, 0.29) is 12.7 Å². The highest BCUT2D eigenvalue weighted by molar-refractivity contribution is 5.93. The van der Waals surface area contributed by atoms with Crippen LogP contribution >= 0.6 is 0 Å². The van der Waals surface area contributed by atoms with Crippen molar-refractivity contribution < 1.29 is 14.3 Å². The minimum Gasteiger partial charge on any atom is -0.454 e. The fourth-order valence-corrected chi connectivity index (χ4v) is 2.39. The van der Waals surface area contributed by atoms with E-state index in [1.165, 1.54) is 12.4 Å². The van der Waals surface area contributed by atoms with Crippen LogP contribution in [0, 0.1) is 0 Å². The molecule has 2 N–H and O–H groups in total. The molecule has 130 valence electrons. The number of fused-ring (bicyclic) bond motifs is 1. The molecular formula is C18H15N5O3. The predicted molar refractivity (Wildman–Crippen MR) is 93.3 cm³/mol. The molecule has 1 aliphatic rings. The molecule has 3 heterocycles. The summed E-state index contributed by atoms with van der Waals surface area (Å²) in [6.45, 7) is 0.564. The minimum atomic E-state index is -0.259. The van der Waals surface area contributed by atoms with Gasteiger partial charge in [0.05, 0.1) is 17.8 Å². The summed E-state index contributed by atoms with van der Waals surface area (Å²) in [4.78, 5) is 24.6. The van der Waals surface area contributed by atoms with Crippen molar-refractivity contribution in [2.45, 2.75) is 6.54 Å². The van der Waals surface area contributed by atoms with Crippen molar-refractivity contribution in [3.8, 4) is 11.5 Å². The van der Waals surface area contributed by atoms with Gasteiger partial charge in [-0.25, -0.2) is 9.97 Å². The van der Waals surface area contributed by atoms with Gasteiger partial charge in [0.1, 0.15) is 0 Å². The van der Waals surface area contributed by atoms with Crippen molar-refractivity contribution in [2.75, 3.05) is 12.1 Å². The van der Waals surface area contributed by atoms with Crippen molar-refractivity contribution in [2.24, 2.45) is 0 Å². The summed E-state index contributed by atoms with van der Waals surface area (Å²) in [5, 5.41) is 5.84. The molecule has 0 bridgehead atoms. The molecule has 4 rings (SSSR count). The van der Waals surface area contributed by atoms with Crippen LogP contribution in [0.1, 0.15) is 16.1 Å². The topological polar surface area (TPSA) is 98.3 Å². The van der Waals surface area contributed by atoms with E-state index < -0.39 is 0 Å². The largest absolute Gasteiger partial charge is 0.454 e. The number of anilines is 2. The first-order valence-corrected chi connectivity index (χ1v) is 7.95. The Bertz CT molecular complexity index is 916. The van der Waals surface area contributed by atoms with Crippen LogP contribution in [0.25, 0.3) is 0 Å². The van der Waals surface area contributed by atoms with Gasteiger partial charge < -0.3 is 20.1 Å². The number of carbonyl (C=O) groups is 1. The monoisotopic (exact) mass is 349 g/mol. The summed E-state index contributed by atoms with van der Waals surface area (Å²) >= 11 is 0. The van der Waals surface area contributed by atoms with Gasteiger partial charge in [0.2, 0.25) is 12.7 Å². The number of amides is 1. The number of aromatic nitrogens is 3. The fraction of sp³-hybridized carbons (Fsp3) is 0.111. The van der Waals surface area contributed by atoms with Crippen molar-refractivity contribution in [3.63, 3.8) is 0 Å². The average Bonchev–Trinajstić information content (AvgIpc) is 3.15. The van der Waals surface area contributed by atoms with Crippen LogP contribution in [0.15, 0.2) is 55.0 Å². The SMILES string of the molecule is O=C(NCc1ccccn1)c1cnc(Nc2ccc3c(c2)OCO3)nc1. The van der Waals surface area contributed by atoms with Crippen molar-refractivity contribution in [1.29, 1.82) is 0 Å². The van der Waals surface area contributed by atoms with Crippen LogP contribution in [0.3, 0.4) is 0 Å². The maximum Gasteiger partial charge on any atom is 0.254 e. The normalized spacial score (nSPS) is 11.8. The van der Waals surface area contributed by atoms with Gasteiger partial charge in [-0.2, -0.15) is 0 Å². The molecule has 3 aromatic rings. The molecule has 0 fully saturated rings. The standard InChI is InChI=1S/C18H15N5O3/c24-17(20-10-14-3-1-2-6-19-14)12-8-21-18(22-9-12)23-13-4-5-15-16(7-13)26-11-25-15/h1-9H,10-11H2,(H,20,24)(H,21,22,23). The molecule has 0 aliphatic carbocycles. The Morgan fingerprint density at radius 1 is 1.04 bits per heavy atom. The Hall–Kier alpha value is -3.68. The van der Waals surface area contributed by atoms with E-state index in [0.29, 0.717) is 29.6 Å². The molecule has 1 aromatic carbocycles. The molecule has 0 unspecified atom stereocenters. The van der Waals surface area contributed by atoms with Crippen LogP contribution in [0.2, 0.25) is 0 Å². The Labute approximate surface area is 149 Å². The summed E-state index contributed by atoms with van der Waals surface area (Å²) in [5.41, 5.74) is 1.92. The van der Waals surface area contributed by atoms with E-state index in [4.69, 9.17) is 9.47 Å². The number of hydrogen-bond donors (Lipinski definition) is 2. The highest BCUT2D eigenvalue weighted by Gasteiger charge is 2.14. The van der Waals surface area contributed by atoms with Crippen LogP contribution in [-0.2, 0) is 6.54 Å². The number of benzene rings is 1. The zero-order valence-electron chi connectivity index (χ0n) is 13.7. The Morgan fingerprint density at radius 3 is 2.69 bits per heavy atom. The van der Waals surface area contributed by atoms with Gasteiger partial charge in [-0.1, -0.05) is 6.07 Å². The number of nitrogens with zero attached hydrogens (tertiary/aromatic N) is 3. The van der Waals surface area contributed by atoms with Crippen LogP contribution in [0.5, 0.6) is 11.5 Å². The molecule has 0 saturated heterocycles. The average molecular weight is 349 g/mol. The molecule has 0 saturated carbocycles. The van der Waals surface area contributed by atoms with Gasteiger partial charge in [-0.05, 0) is 24.3 Å². The Balaban J connectivity index is 1.38.